The van der Waals surface area contributed by atoms with Gasteiger partial charge in [0.25, 0.3) is 0 Å². The number of nitrogens with one attached hydrogen (secondary N) is 1. The quantitative estimate of drug-likeness (QED) is 0.780. The van der Waals surface area contributed by atoms with Crippen LogP contribution in [-0.2, 0) is 0 Å². The lowest BCUT2D eigenvalue weighted by Crippen LogP contribution is -2.23. The van der Waals surface area contributed by atoms with Crippen molar-refractivity contribution >= 4 is 17.0 Å². The molecule has 17 heavy (non-hydrogen) atoms. The molecule has 2 heterocycles. The molecular formula is C12H17N5. The molecule has 0 bridgehead atoms. The monoisotopic (exact) mass is 231 g/mol. The van der Waals surface area contributed by atoms with E-state index in [0.717, 1.165) is 30.8 Å². The zero-order chi connectivity index (χ0) is 12.1. The number of aromatic nitrogens is 3. The van der Waals surface area contributed by atoms with E-state index in [9.17, 15) is 0 Å². The number of fused-ring (bicyclic) bond motifs is 1. The summed E-state index contributed by atoms with van der Waals surface area (Å²) >= 11 is 0. The molecule has 0 fully saturated rings. The van der Waals surface area contributed by atoms with Crippen molar-refractivity contribution < 1.29 is 0 Å². The summed E-state index contributed by atoms with van der Waals surface area (Å²) < 4.78 is 0. The molecule has 2 aromatic rings. The van der Waals surface area contributed by atoms with E-state index in [1.54, 1.807) is 12.4 Å². The Bertz CT molecular complexity index is 485. The normalized spacial score (nSPS) is 10.7. The van der Waals surface area contributed by atoms with Gasteiger partial charge in [-0.1, -0.05) is 0 Å². The molecule has 0 amide bonds. The Labute approximate surface area is 101 Å². The van der Waals surface area contributed by atoms with E-state index >= 15 is 0 Å². The van der Waals surface area contributed by atoms with Crippen molar-refractivity contribution in [3.63, 3.8) is 0 Å². The number of hydrogen-bond donors (Lipinski definition) is 1. The summed E-state index contributed by atoms with van der Waals surface area (Å²) in [5, 5.41) is 3.13. The van der Waals surface area contributed by atoms with Crippen LogP contribution in [0, 0.1) is 0 Å². The Hall–Kier alpha value is -1.75. The third-order valence-corrected chi connectivity index (χ3v) is 2.63. The second-order valence-corrected chi connectivity index (χ2v) is 3.95. The average Bonchev–Trinajstić information content (AvgIpc) is 2.38. The van der Waals surface area contributed by atoms with Gasteiger partial charge in [0.15, 0.2) is 5.65 Å². The smallest absolute Gasteiger partial charge is 0.180 e. The second kappa shape index (κ2) is 5.54. The first-order chi connectivity index (χ1) is 8.31. The molecule has 0 unspecified atom stereocenters. The minimum absolute atomic E-state index is 0.700. The molecule has 0 aliphatic carbocycles. The lowest BCUT2D eigenvalue weighted by Gasteiger charge is -2.17. The summed E-state index contributed by atoms with van der Waals surface area (Å²) in [6.45, 7) is 1.98. The Balaban J connectivity index is 2.12. The van der Waals surface area contributed by atoms with Gasteiger partial charge in [0.2, 0.25) is 0 Å². The lowest BCUT2D eigenvalue weighted by molar-refractivity contribution is 0.709. The predicted molar refractivity (Wildman–Crippen MR) is 69.1 cm³/mol. The van der Waals surface area contributed by atoms with E-state index in [0.29, 0.717) is 5.65 Å². The van der Waals surface area contributed by atoms with Gasteiger partial charge in [-0.3, -0.25) is 4.98 Å². The van der Waals surface area contributed by atoms with Crippen LogP contribution >= 0.6 is 0 Å². The fraction of sp³-hybridized carbons (Fsp3) is 0.417. The van der Waals surface area contributed by atoms with Crippen LogP contribution in [0.3, 0.4) is 0 Å². The summed E-state index contributed by atoms with van der Waals surface area (Å²) in [6.07, 6.45) is 4.44. The van der Waals surface area contributed by atoms with Crippen molar-refractivity contribution in [2.75, 3.05) is 32.1 Å². The maximum atomic E-state index is 4.49. The zero-order valence-electron chi connectivity index (χ0n) is 10.2. The van der Waals surface area contributed by atoms with E-state index in [-0.39, 0.29) is 0 Å². The Morgan fingerprint density at radius 1 is 1.24 bits per heavy atom. The van der Waals surface area contributed by atoms with Gasteiger partial charge in [0, 0.05) is 26.0 Å². The molecule has 0 spiro atoms. The van der Waals surface area contributed by atoms with Crippen LogP contribution < -0.4 is 10.2 Å². The van der Waals surface area contributed by atoms with Gasteiger partial charge in [-0.2, -0.15) is 0 Å². The van der Waals surface area contributed by atoms with Crippen LogP contribution in [-0.4, -0.2) is 42.1 Å². The third kappa shape index (κ3) is 2.88. The van der Waals surface area contributed by atoms with Crippen molar-refractivity contribution in [3.05, 3.63) is 24.5 Å². The first-order valence-electron chi connectivity index (χ1n) is 5.75. The molecule has 0 atom stereocenters. The van der Waals surface area contributed by atoms with Crippen molar-refractivity contribution in [1.82, 2.24) is 20.3 Å². The molecule has 0 saturated heterocycles. The van der Waals surface area contributed by atoms with E-state index in [1.165, 1.54) is 0 Å². The van der Waals surface area contributed by atoms with Gasteiger partial charge in [-0.05, 0) is 32.1 Å². The van der Waals surface area contributed by atoms with Gasteiger partial charge < -0.3 is 10.2 Å². The van der Waals surface area contributed by atoms with Crippen LogP contribution in [0.5, 0.6) is 0 Å². The standard InChI is InChI=1S/C12H17N5/c1-13-6-3-9-17(2)11-5-4-10-12(16-11)15-8-7-14-10/h4-5,7-8,13H,3,6,9H2,1-2H3. The SMILES string of the molecule is CNCCCN(C)c1ccc2nccnc2n1. The Morgan fingerprint density at radius 3 is 2.88 bits per heavy atom. The van der Waals surface area contributed by atoms with E-state index in [4.69, 9.17) is 0 Å². The highest BCUT2D eigenvalue weighted by Crippen LogP contribution is 2.13. The predicted octanol–water partition coefficient (Wildman–Crippen LogP) is 1.07. The molecule has 2 rings (SSSR count). The highest BCUT2D eigenvalue weighted by Gasteiger charge is 2.04. The molecule has 0 aliphatic heterocycles. The van der Waals surface area contributed by atoms with Crippen molar-refractivity contribution in [3.8, 4) is 0 Å². The van der Waals surface area contributed by atoms with Crippen LogP contribution in [0.25, 0.3) is 11.2 Å². The third-order valence-electron chi connectivity index (χ3n) is 2.63. The molecule has 90 valence electrons. The van der Waals surface area contributed by atoms with Gasteiger partial charge in [-0.25, -0.2) is 9.97 Å². The maximum absolute atomic E-state index is 4.49. The Morgan fingerprint density at radius 2 is 2.06 bits per heavy atom. The molecule has 0 aromatic carbocycles. The fourth-order valence-electron chi connectivity index (χ4n) is 1.66. The van der Waals surface area contributed by atoms with E-state index in [2.05, 4.69) is 25.2 Å². The van der Waals surface area contributed by atoms with Gasteiger partial charge >= 0.3 is 0 Å². The maximum Gasteiger partial charge on any atom is 0.180 e. The zero-order valence-corrected chi connectivity index (χ0v) is 10.2. The van der Waals surface area contributed by atoms with Crippen LogP contribution in [0.1, 0.15) is 6.42 Å². The van der Waals surface area contributed by atoms with Crippen molar-refractivity contribution in [2.45, 2.75) is 6.42 Å². The van der Waals surface area contributed by atoms with Crippen LogP contribution in [0.4, 0.5) is 5.82 Å². The molecule has 5 nitrogen and oxygen atoms in total. The fourth-order valence-corrected chi connectivity index (χ4v) is 1.66. The van der Waals surface area contributed by atoms with E-state index in [1.807, 2.05) is 26.2 Å². The Kier molecular flexibility index (Phi) is 3.82. The minimum Gasteiger partial charge on any atom is -0.360 e. The number of nitrogens with zero attached hydrogens (tertiary/aromatic N) is 4. The number of rotatable bonds is 5. The molecular weight excluding hydrogens is 214 g/mol. The summed E-state index contributed by atoms with van der Waals surface area (Å²) in [4.78, 5) is 15.0. The molecule has 0 saturated carbocycles. The second-order valence-electron chi connectivity index (χ2n) is 3.95. The molecule has 2 aromatic heterocycles. The molecule has 5 heteroatoms. The lowest BCUT2D eigenvalue weighted by atomic mass is 10.3. The number of hydrogen-bond acceptors (Lipinski definition) is 5. The van der Waals surface area contributed by atoms with Crippen LogP contribution in [0.2, 0.25) is 0 Å². The topological polar surface area (TPSA) is 53.9 Å². The van der Waals surface area contributed by atoms with Crippen LogP contribution in [0.15, 0.2) is 24.5 Å². The van der Waals surface area contributed by atoms with Crippen molar-refractivity contribution in [1.29, 1.82) is 0 Å². The molecule has 0 radical (unpaired) electrons. The first-order valence-corrected chi connectivity index (χ1v) is 5.75. The van der Waals surface area contributed by atoms with E-state index < -0.39 is 0 Å². The highest BCUT2D eigenvalue weighted by molar-refractivity contribution is 5.71. The minimum atomic E-state index is 0.700. The molecule has 0 aliphatic rings. The highest BCUT2D eigenvalue weighted by atomic mass is 15.2. The first kappa shape index (κ1) is 11.7. The summed E-state index contributed by atoms with van der Waals surface area (Å²) in [5.41, 5.74) is 1.53. The van der Waals surface area contributed by atoms with Gasteiger partial charge in [-0.15, -0.1) is 0 Å². The van der Waals surface area contributed by atoms with Gasteiger partial charge in [0.05, 0.1) is 0 Å². The summed E-state index contributed by atoms with van der Waals surface area (Å²) in [6, 6.07) is 3.94. The largest absolute Gasteiger partial charge is 0.360 e. The summed E-state index contributed by atoms with van der Waals surface area (Å²) in [5.74, 6) is 0.939. The van der Waals surface area contributed by atoms with Gasteiger partial charge in [0.1, 0.15) is 11.3 Å². The van der Waals surface area contributed by atoms with Crippen molar-refractivity contribution in [2.24, 2.45) is 0 Å². The number of pyridine rings is 1. The molecule has 1 N–H and O–H groups in total. The number of anilines is 1. The summed E-state index contributed by atoms with van der Waals surface area (Å²) in [7, 11) is 4.00. The average molecular weight is 231 g/mol.